The van der Waals surface area contributed by atoms with Crippen molar-refractivity contribution < 1.29 is 4.42 Å². The topological polar surface area (TPSA) is 42.4 Å². The predicted octanol–water partition coefficient (Wildman–Crippen LogP) is 2.40. The molecule has 16 heavy (non-hydrogen) atoms. The van der Waals surface area contributed by atoms with Gasteiger partial charge in [0.25, 0.3) is 0 Å². The Bertz CT molecular complexity index is 310. The van der Waals surface area contributed by atoms with Gasteiger partial charge in [-0.2, -0.15) is 0 Å². The number of nitrogens with zero attached hydrogens (tertiary/aromatic N) is 1. The van der Waals surface area contributed by atoms with Gasteiger partial charge in [-0.15, -0.1) is 0 Å². The van der Waals surface area contributed by atoms with Crippen molar-refractivity contribution >= 4 is 0 Å². The second-order valence-electron chi connectivity index (χ2n) is 5.02. The summed E-state index contributed by atoms with van der Waals surface area (Å²) in [5, 5.41) is 0. The minimum Gasteiger partial charge on any atom is -0.472 e. The first kappa shape index (κ1) is 11.7. The SMILES string of the molecule is CC1CCN(C(CN)c2ccoc2)C(C)C1. The summed E-state index contributed by atoms with van der Waals surface area (Å²) >= 11 is 0. The van der Waals surface area contributed by atoms with Gasteiger partial charge >= 0.3 is 0 Å². The average molecular weight is 222 g/mol. The van der Waals surface area contributed by atoms with Gasteiger partial charge in [-0.05, 0) is 38.3 Å². The van der Waals surface area contributed by atoms with Crippen molar-refractivity contribution in [3.05, 3.63) is 24.2 Å². The Morgan fingerprint density at radius 2 is 2.38 bits per heavy atom. The maximum absolute atomic E-state index is 5.91. The second-order valence-corrected chi connectivity index (χ2v) is 5.02. The molecule has 0 bridgehead atoms. The van der Waals surface area contributed by atoms with E-state index >= 15 is 0 Å². The number of piperidine rings is 1. The van der Waals surface area contributed by atoms with Crippen LogP contribution in [0, 0.1) is 5.92 Å². The van der Waals surface area contributed by atoms with Gasteiger partial charge in [0.15, 0.2) is 0 Å². The Kier molecular flexibility index (Phi) is 3.66. The molecule has 1 saturated heterocycles. The highest BCUT2D eigenvalue weighted by Gasteiger charge is 2.29. The Labute approximate surface area is 97.6 Å². The fraction of sp³-hybridized carbons (Fsp3) is 0.692. The van der Waals surface area contributed by atoms with Crippen LogP contribution < -0.4 is 5.73 Å². The molecule has 1 aliphatic rings. The van der Waals surface area contributed by atoms with E-state index in [0.29, 0.717) is 18.6 Å². The van der Waals surface area contributed by atoms with Crippen molar-refractivity contribution in [1.82, 2.24) is 4.90 Å². The molecule has 0 aliphatic carbocycles. The third-order valence-corrected chi connectivity index (χ3v) is 3.74. The van der Waals surface area contributed by atoms with Gasteiger partial charge in [-0.1, -0.05) is 6.92 Å². The van der Waals surface area contributed by atoms with E-state index in [9.17, 15) is 0 Å². The zero-order chi connectivity index (χ0) is 11.5. The Balaban J connectivity index is 2.10. The summed E-state index contributed by atoms with van der Waals surface area (Å²) in [5.74, 6) is 0.842. The van der Waals surface area contributed by atoms with Gasteiger partial charge in [0, 0.05) is 18.2 Å². The molecule has 3 atom stereocenters. The molecule has 2 rings (SSSR count). The van der Waals surface area contributed by atoms with Gasteiger partial charge in [0.1, 0.15) is 0 Å². The molecule has 3 unspecified atom stereocenters. The Morgan fingerprint density at radius 3 is 2.94 bits per heavy atom. The first-order chi connectivity index (χ1) is 7.72. The van der Waals surface area contributed by atoms with Crippen LogP contribution in [0.25, 0.3) is 0 Å². The molecule has 0 saturated carbocycles. The van der Waals surface area contributed by atoms with E-state index in [1.807, 2.05) is 12.3 Å². The molecular formula is C13H22N2O. The maximum Gasteiger partial charge on any atom is 0.0950 e. The summed E-state index contributed by atoms with van der Waals surface area (Å²) < 4.78 is 5.16. The highest BCUT2D eigenvalue weighted by Crippen LogP contribution is 2.30. The van der Waals surface area contributed by atoms with Crippen LogP contribution in [-0.4, -0.2) is 24.0 Å². The monoisotopic (exact) mass is 222 g/mol. The smallest absolute Gasteiger partial charge is 0.0950 e. The van der Waals surface area contributed by atoms with Crippen molar-refractivity contribution in [3.63, 3.8) is 0 Å². The molecule has 2 heterocycles. The van der Waals surface area contributed by atoms with Gasteiger partial charge in [-0.25, -0.2) is 0 Å². The van der Waals surface area contributed by atoms with Gasteiger partial charge in [0.05, 0.1) is 18.6 Å². The van der Waals surface area contributed by atoms with Crippen LogP contribution in [-0.2, 0) is 0 Å². The summed E-state index contributed by atoms with van der Waals surface area (Å²) in [4.78, 5) is 2.52. The van der Waals surface area contributed by atoms with Crippen LogP contribution in [0.4, 0.5) is 0 Å². The molecular weight excluding hydrogens is 200 g/mol. The molecule has 3 nitrogen and oxygen atoms in total. The second kappa shape index (κ2) is 5.02. The molecule has 0 amide bonds. The average Bonchev–Trinajstić information content (AvgIpc) is 2.75. The summed E-state index contributed by atoms with van der Waals surface area (Å²) in [6.45, 7) is 6.45. The molecule has 0 spiro atoms. The molecule has 1 fully saturated rings. The number of nitrogens with two attached hydrogens (primary N) is 1. The lowest BCUT2D eigenvalue weighted by molar-refractivity contribution is 0.0844. The Hall–Kier alpha value is -0.800. The van der Waals surface area contributed by atoms with E-state index in [2.05, 4.69) is 18.7 Å². The van der Waals surface area contributed by atoms with Crippen molar-refractivity contribution in [3.8, 4) is 0 Å². The molecule has 1 aromatic rings. The maximum atomic E-state index is 5.91. The zero-order valence-corrected chi connectivity index (χ0v) is 10.2. The van der Waals surface area contributed by atoms with Crippen molar-refractivity contribution in [2.45, 2.75) is 38.8 Å². The van der Waals surface area contributed by atoms with Crippen molar-refractivity contribution in [2.24, 2.45) is 11.7 Å². The standard InChI is InChI=1S/C13H22N2O/c1-10-3-5-15(11(2)7-10)13(8-14)12-4-6-16-9-12/h4,6,9-11,13H,3,5,7-8,14H2,1-2H3. The van der Waals surface area contributed by atoms with E-state index in [4.69, 9.17) is 10.2 Å². The highest BCUT2D eigenvalue weighted by molar-refractivity contribution is 5.13. The Morgan fingerprint density at radius 1 is 1.56 bits per heavy atom. The number of likely N-dealkylation sites (tertiary alicyclic amines) is 1. The first-order valence-corrected chi connectivity index (χ1v) is 6.20. The van der Waals surface area contributed by atoms with Crippen LogP contribution >= 0.6 is 0 Å². The molecule has 90 valence electrons. The lowest BCUT2D eigenvalue weighted by Gasteiger charge is -2.41. The highest BCUT2D eigenvalue weighted by atomic mass is 16.3. The van der Waals surface area contributed by atoms with Crippen LogP contribution in [0.2, 0.25) is 0 Å². The summed E-state index contributed by atoms with van der Waals surface area (Å²) in [6, 6.07) is 2.97. The molecule has 0 radical (unpaired) electrons. The summed E-state index contributed by atoms with van der Waals surface area (Å²) in [6.07, 6.45) is 6.10. The molecule has 1 aliphatic heterocycles. The predicted molar refractivity (Wildman–Crippen MR) is 65.1 cm³/mol. The molecule has 2 N–H and O–H groups in total. The van der Waals surface area contributed by atoms with Gasteiger partial charge < -0.3 is 10.2 Å². The number of hydrogen-bond donors (Lipinski definition) is 1. The third-order valence-electron chi connectivity index (χ3n) is 3.74. The van der Waals surface area contributed by atoms with E-state index in [1.54, 1.807) is 6.26 Å². The largest absolute Gasteiger partial charge is 0.472 e. The lowest BCUT2D eigenvalue weighted by Crippen LogP contribution is -2.44. The fourth-order valence-corrected chi connectivity index (χ4v) is 2.82. The minimum absolute atomic E-state index is 0.321. The lowest BCUT2D eigenvalue weighted by atomic mass is 9.91. The van der Waals surface area contributed by atoms with Crippen molar-refractivity contribution in [1.29, 1.82) is 0 Å². The van der Waals surface area contributed by atoms with E-state index in [0.717, 1.165) is 12.5 Å². The molecule has 1 aromatic heterocycles. The minimum atomic E-state index is 0.321. The number of rotatable bonds is 3. The number of furan rings is 1. The van der Waals surface area contributed by atoms with E-state index in [1.165, 1.54) is 18.4 Å². The van der Waals surface area contributed by atoms with Gasteiger partial charge in [-0.3, -0.25) is 4.90 Å². The molecule has 3 heteroatoms. The van der Waals surface area contributed by atoms with Crippen LogP contribution in [0.1, 0.15) is 38.3 Å². The van der Waals surface area contributed by atoms with Gasteiger partial charge in [0.2, 0.25) is 0 Å². The van der Waals surface area contributed by atoms with Crippen LogP contribution in [0.5, 0.6) is 0 Å². The summed E-state index contributed by atoms with van der Waals surface area (Å²) in [5.41, 5.74) is 7.12. The van der Waals surface area contributed by atoms with E-state index < -0.39 is 0 Å². The van der Waals surface area contributed by atoms with E-state index in [-0.39, 0.29) is 0 Å². The fourth-order valence-electron chi connectivity index (χ4n) is 2.82. The zero-order valence-electron chi connectivity index (χ0n) is 10.2. The quantitative estimate of drug-likeness (QED) is 0.854. The normalized spacial score (nSPS) is 29.2. The molecule has 0 aromatic carbocycles. The summed E-state index contributed by atoms with van der Waals surface area (Å²) in [7, 11) is 0. The third kappa shape index (κ3) is 2.30. The van der Waals surface area contributed by atoms with Crippen LogP contribution in [0.15, 0.2) is 23.0 Å². The van der Waals surface area contributed by atoms with Crippen LogP contribution in [0.3, 0.4) is 0 Å². The number of hydrogen-bond acceptors (Lipinski definition) is 3. The first-order valence-electron chi connectivity index (χ1n) is 6.20. The van der Waals surface area contributed by atoms with Crippen molar-refractivity contribution in [2.75, 3.05) is 13.1 Å².